The maximum Gasteiger partial charge on any atom is 0.308 e. The van der Waals surface area contributed by atoms with Gasteiger partial charge in [-0.05, 0) is 44.4 Å². The number of carbonyl (C=O) groups excluding carboxylic acids is 1. The number of rotatable bonds is 7. The number of piperidine rings is 1. The molecule has 0 atom stereocenters. The lowest BCUT2D eigenvalue weighted by molar-refractivity contribution is -0.146. The molecule has 0 aromatic rings. The molecule has 140 valence electrons. The SMILES string of the molecule is CCOCCC1(CNC(=NC)N2CCC(C(=O)OC)CC2)CC1.I. The van der Waals surface area contributed by atoms with E-state index >= 15 is 0 Å². The lowest BCUT2D eigenvalue weighted by Gasteiger charge is -2.33. The first-order chi connectivity index (χ1) is 11.1. The summed E-state index contributed by atoms with van der Waals surface area (Å²) in [6, 6.07) is 0. The van der Waals surface area contributed by atoms with E-state index in [4.69, 9.17) is 9.47 Å². The second kappa shape index (κ2) is 10.4. The Morgan fingerprint density at radius 3 is 2.50 bits per heavy atom. The average Bonchev–Trinajstić information content (AvgIpc) is 3.35. The number of guanidine groups is 1. The van der Waals surface area contributed by atoms with Gasteiger partial charge in [0.15, 0.2) is 5.96 Å². The van der Waals surface area contributed by atoms with Gasteiger partial charge in [0.1, 0.15) is 0 Å². The van der Waals surface area contributed by atoms with Crippen molar-refractivity contribution in [3.63, 3.8) is 0 Å². The number of carbonyl (C=O) groups is 1. The van der Waals surface area contributed by atoms with E-state index in [1.54, 1.807) is 0 Å². The van der Waals surface area contributed by atoms with Crippen molar-refractivity contribution in [3.05, 3.63) is 0 Å². The molecular weight excluding hydrogens is 421 g/mol. The van der Waals surface area contributed by atoms with Gasteiger partial charge in [-0.1, -0.05) is 0 Å². The topological polar surface area (TPSA) is 63.2 Å². The molecule has 2 fully saturated rings. The maximum absolute atomic E-state index is 11.6. The summed E-state index contributed by atoms with van der Waals surface area (Å²) < 4.78 is 10.3. The fourth-order valence-corrected chi connectivity index (χ4v) is 3.22. The van der Waals surface area contributed by atoms with Crippen molar-refractivity contribution >= 4 is 35.9 Å². The molecule has 1 N–H and O–H groups in total. The van der Waals surface area contributed by atoms with E-state index in [2.05, 4.69) is 15.2 Å². The molecule has 0 bridgehead atoms. The van der Waals surface area contributed by atoms with Crippen LogP contribution < -0.4 is 5.32 Å². The molecule has 0 aromatic carbocycles. The molecule has 1 aliphatic carbocycles. The summed E-state index contributed by atoms with van der Waals surface area (Å²) in [5, 5.41) is 3.53. The number of hydrogen-bond acceptors (Lipinski definition) is 4. The van der Waals surface area contributed by atoms with Crippen LogP contribution in [0.3, 0.4) is 0 Å². The van der Waals surface area contributed by atoms with Crippen LogP contribution in [-0.4, -0.2) is 63.8 Å². The molecule has 1 aliphatic heterocycles. The minimum absolute atomic E-state index is 0. The summed E-state index contributed by atoms with van der Waals surface area (Å²) in [7, 11) is 3.29. The second-order valence-electron chi connectivity index (χ2n) is 6.63. The first kappa shape index (κ1) is 21.5. The Balaban J connectivity index is 0.00000288. The van der Waals surface area contributed by atoms with Crippen LogP contribution in [-0.2, 0) is 14.3 Å². The molecular formula is C17H32IN3O3. The molecule has 2 rings (SSSR count). The Bertz CT molecular complexity index is 419. The van der Waals surface area contributed by atoms with Gasteiger partial charge in [-0.3, -0.25) is 9.79 Å². The molecule has 0 spiro atoms. The van der Waals surface area contributed by atoms with Gasteiger partial charge in [0, 0.05) is 39.9 Å². The van der Waals surface area contributed by atoms with E-state index in [9.17, 15) is 4.79 Å². The maximum atomic E-state index is 11.6. The number of methoxy groups -OCH3 is 1. The zero-order chi connectivity index (χ0) is 16.7. The number of nitrogens with one attached hydrogen (secondary N) is 1. The summed E-state index contributed by atoms with van der Waals surface area (Å²) in [6.45, 7) is 6.35. The number of aliphatic imine (C=N–C) groups is 1. The minimum atomic E-state index is -0.0829. The van der Waals surface area contributed by atoms with E-state index in [0.717, 1.165) is 58.1 Å². The third kappa shape index (κ3) is 6.06. The van der Waals surface area contributed by atoms with Crippen LogP contribution in [0.25, 0.3) is 0 Å². The highest BCUT2D eigenvalue weighted by atomic mass is 127. The van der Waals surface area contributed by atoms with Crippen molar-refractivity contribution in [1.29, 1.82) is 0 Å². The lowest BCUT2D eigenvalue weighted by Crippen LogP contribution is -2.48. The highest BCUT2D eigenvalue weighted by Crippen LogP contribution is 2.48. The number of likely N-dealkylation sites (tertiary alicyclic amines) is 1. The Hall–Kier alpha value is -0.570. The summed E-state index contributed by atoms with van der Waals surface area (Å²) in [5.74, 6) is 0.909. The van der Waals surface area contributed by atoms with Crippen LogP contribution in [0.2, 0.25) is 0 Å². The van der Waals surface area contributed by atoms with Gasteiger partial charge in [0.2, 0.25) is 0 Å². The second-order valence-corrected chi connectivity index (χ2v) is 6.63. The van der Waals surface area contributed by atoms with Crippen LogP contribution in [0.5, 0.6) is 0 Å². The molecule has 0 unspecified atom stereocenters. The smallest absolute Gasteiger partial charge is 0.308 e. The van der Waals surface area contributed by atoms with Gasteiger partial charge in [-0.25, -0.2) is 0 Å². The number of ether oxygens (including phenoxy) is 2. The Kier molecular flexibility index (Phi) is 9.33. The fraction of sp³-hybridized carbons (Fsp3) is 0.882. The van der Waals surface area contributed by atoms with Crippen LogP contribution in [0.15, 0.2) is 4.99 Å². The molecule has 1 heterocycles. The van der Waals surface area contributed by atoms with Gasteiger partial charge in [-0.15, -0.1) is 24.0 Å². The monoisotopic (exact) mass is 453 g/mol. The first-order valence-electron chi connectivity index (χ1n) is 8.75. The van der Waals surface area contributed by atoms with Crippen molar-refractivity contribution < 1.29 is 14.3 Å². The molecule has 7 heteroatoms. The van der Waals surface area contributed by atoms with E-state index in [1.807, 2.05) is 14.0 Å². The average molecular weight is 453 g/mol. The van der Waals surface area contributed by atoms with Crippen LogP contribution in [0.1, 0.15) is 39.0 Å². The summed E-state index contributed by atoms with van der Waals surface area (Å²) in [4.78, 5) is 18.3. The van der Waals surface area contributed by atoms with Gasteiger partial charge in [-0.2, -0.15) is 0 Å². The summed E-state index contributed by atoms with van der Waals surface area (Å²) in [5.41, 5.74) is 0.398. The molecule has 1 saturated heterocycles. The Morgan fingerprint density at radius 1 is 1.33 bits per heavy atom. The predicted molar refractivity (Wildman–Crippen MR) is 106 cm³/mol. The first-order valence-corrected chi connectivity index (χ1v) is 8.75. The van der Waals surface area contributed by atoms with Crippen molar-refractivity contribution in [2.45, 2.75) is 39.0 Å². The molecule has 0 radical (unpaired) electrons. The lowest BCUT2D eigenvalue weighted by atomic mass is 9.97. The largest absolute Gasteiger partial charge is 0.469 e. The number of hydrogen-bond donors (Lipinski definition) is 1. The standard InChI is InChI=1S/C17H31N3O3.HI/c1-4-23-12-9-17(7-8-17)13-19-16(18-2)20-10-5-14(6-11-20)15(21)22-3;/h14H,4-13H2,1-3H3,(H,18,19);1H. The molecule has 24 heavy (non-hydrogen) atoms. The highest BCUT2D eigenvalue weighted by Gasteiger charge is 2.42. The number of halogens is 1. The fourth-order valence-electron chi connectivity index (χ4n) is 3.22. The molecule has 0 aromatic heterocycles. The predicted octanol–water partition coefficient (Wildman–Crippen LogP) is 2.27. The van der Waals surface area contributed by atoms with Crippen molar-refractivity contribution in [2.75, 3.05) is 47.0 Å². The zero-order valence-electron chi connectivity index (χ0n) is 15.2. The van der Waals surface area contributed by atoms with Gasteiger partial charge < -0.3 is 19.7 Å². The van der Waals surface area contributed by atoms with E-state index in [1.165, 1.54) is 20.0 Å². The molecule has 1 saturated carbocycles. The number of esters is 1. The van der Waals surface area contributed by atoms with Crippen LogP contribution in [0.4, 0.5) is 0 Å². The Morgan fingerprint density at radius 2 is 2.00 bits per heavy atom. The highest BCUT2D eigenvalue weighted by molar-refractivity contribution is 14.0. The normalized spacial score (nSPS) is 20.3. The zero-order valence-corrected chi connectivity index (χ0v) is 17.5. The van der Waals surface area contributed by atoms with Gasteiger partial charge in [0.05, 0.1) is 13.0 Å². The molecule has 0 amide bonds. The molecule has 6 nitrogen and oxygen atoms in total. The van der Waals surface area contributed by atoms with Crippen molar-refractivity contribution in [3.8, 4) is 0 Å². The van der Waals surface area contributed by atoms with Gasteiger partial charge in [0.25, 0.3) is 0 Å². The van der Waals surface area contributed by atoms with Crippen molar-refractivity contribution in [1.82, 2.24) is 10.2 Å². The summed E-state index contributed by atoms with van der Waals surface area (Å²) in [6.07, 6.45) is 5.34. The van der Waals surface area contributed by atoms with E-state index in [0.29, 0.717) is 5.41 Å². The molecule has 2 aliphatic rings. The third-order valence-corrected chi connectivity index (χ3v) is 5.10. The van der Waals surface area contributed by atoms with E-state index < -0.39 is 0 Å². The quantitative estimate of drug-likeness (QED) is 0.211. The minimum Gasteiger partial charge on any atom is -0.469 e. The van der Waals surface area contributed by atoms with Gasteiger partial charge >= 0.3 is 5.97 Å². The number of nitrogens with zero attached hydrogens (tertiary/aromatic N) is 2. The third-order valence-electron chi connectivity index (χ3n) is 5.10. The van der Waals surface area contributed by atoms with Crippen LogP contribution >= 0.6 is 24.0 Å². The van der Waals surface area contributed by atoms with E-state index in [-0.39, 0.29) is 35.9 Å². The van der Waals surface area contributed by atoms with Crippen LogP contribution in [0, 0.1) is 11.3 Å². The van der Waals surface area contributed by atoms with Crippen molar-refractivity contribution in [2.24, 2.45) is 16.3 Å². The Labute approximate surface area is 162 Å². The summed E-state index contributed by atoms with van der Waals surface area (Å²) >= 11 is 0.